The monoisotopic (exact) mass is 252 g/mol. The first-order valence-electron chi connectivity index (χ1n) is 2.65. The Hall–Kier alpha value is 0.726. The van der Waals surface area contributed by atoms with Crippen LogP contribution in [0.1, 0.15) is 0 Å². The summed E-state index contributed by atoms with van der Waals surface area (Å²) >= 11 is -2.06. The summed E-state index contributed by atoms with van der Waals surface area (Å²) < 4.78 is 0. The average Bonchev–Trinajstić information content (AvgIpc) is 1.90. The molecule has 54 valence electrons. The van der Waals surface area contributed by atoms with E-state index in [2.05, 4.69) is 0 Å². The SMILES string of the molecule is [Cl][Ga]([Cl])[Cl].c1ccccc1. The largest absolute Gasteiger partial charge is 0.0623 e. The van der Waals surface area contributed by atoms with E-state index in [9.17, 15) is 0 Å². The minimum absolute atomic E-state index is 2.00. The Morgan fingerprint density at radius 2 is 0.700 bits per heavy atom. The minimum Gasteiger partial charge on any atom is -0.0623 e. The summed E-state index contributed by atoms with van der Waals surface area (Å²) in [6, 6.07) is 12.0. The van der Waals surface area contributed by atoms with Gasteiger partial charge >= 0.3 is 42.1 Å². The van der Waals surface area contributed by atoms with Gasteiger partial charge in [-0.1, -0.05) is 36.4 Å². The molecule has 1 rings (SSSR count). The molecule has 0 saturated heterocycles. The molecule has 0 saturated carbocycles. The van der Waals surface area contributed by atoms with Crippen molar-refractivity contribution in [1.82, 2.24) is 0 Å². The molecular formula is C6H6Cl3Ga. The Morgan fingerprint density at radius 3 is 0.800 bits per heavy atom. The van der Waals surface area contributed by atoms with Gasteiger partial charge in [0.2, 0.25) is 0 Å². The first-order valence-corrected chi connectivity index (χ1v) is 12.2. The molecule has 1 aromatic carbocycles. The van der Waals surface area contributed by atoms with Crippen molar-refractivity contribution in [3.05, 3.63) is 36.4 Å². The third kappa shape index (κ3) is 11.5. The van der Waals surface area contributed by atoms with Crippen LogP contribution in [-0.4, -0.2) is 13.2 Å². The van der Waals surface area contributed by atoms with Gasteiger partial charge in [-0.25, -0.2) is 0 Å². The topological polar surface area (TPSA) is 0 Å². The molecule has 0 fully saturated rings. The minimum atomic E-state index is -2.06. The summed E-state index contributed by atoms with van der Waals surface area (Å²) in [7, 11) is 15.0. The normalized spacial score (nSPS) is 7.50. The van der Waals surface area contributed by atoms with E-state index in [1.54, 1.807) is 0 Å². The molecule has 0 atom stereocenters. The summed E-state index contributed by atoms with van der Waals surface area (Å²) in [6.07, 6.45) is 0. The van der Waals surface area contributed by atoms with Gasteiger partial charge in [-0.3, -0.25) is 0 Å². The van der Waals surface area contributed by atoms with Crippen LogP contribution in [0.15, 0.2) is 36.4 Å². The summed E-state index contributed by atoms with van der Waals surface area (Å²) in [5.41, 5.74) is 0. The van der Waals surface area contributed by atoms with Crippen molar-refractivity contribution >= 4 is 42.1 Å². The Bertz CT molecular complexity index is 113. The first kappa shape index (κ1) is 10.7. The van der Waals surface area contributed by atoms with Crippen LogP contribution in [0.4, 0.5) is 0 Å². The maximum absolute atomic E-state index is 4.99. The fraction of sp³-hybridized carbons (Fsp3) is 0. The molecule has 0 bridgehead atoms. The Morgan fingerprint density at radius 1 is 0.600 bits per heavy atom. The molecule has 0 aliphatic carbocycles. The predicted molar refractivity (Wildman–Crippen MR) is 49.8 cm³/mol. The Labute approximate surface area is 78.2 Å². The van der Waals surface area contributed by atoms with Crippen LogP contribution in [0.5, 0.6) is 0 Å². The second-order valence-corrected chi connectivity index (χ2v) is 12.7. The second kappa shape index (κ2) is 7.83. The van der Waals surface area contributed by atoms with Gasteiger partial charge in [0.15, 0.2) is 0 Å². The molecule has 0 aliphatic rings. The average molecular weight is 254 g/mol. The Kier molecular flexibility index (Phi) is 8.40. The van der Waals surface area contributed by atoms with Gasteiger partial charge in [0, 0.05) is 0 Å². The molecule has 0 nitrogen and oxygen atoms in total. The van der Waals surface area contributed by atoms with E-state index in [0.29, 0.717) is 0 Å². The molecule has 1 aromatic rings. The third-order valence-electron chi connectivity index (χ3n) is 0.667. The number of halogens is 3. The summed E-state index contributed by atoms with van der Waals surface area (Å²) in [5, 5.41) is 0. The van der Waals surface area contributed by atoms with E-state index in [4.69, 9.17) is 28.9 Å². The van der Waals surface area contributed by atoms with Gasteiger partial charge in [0.1, 0.15) is 0 Å². The van der Waals surface area contributed by atoms with Crippen molar-refractivity contribution in [2.24, 2.45) is 0 Å². The molecular weight excluding hydrogens is 248 g/mol. The van der Waals surface area contributed by atoms with Crippen molar-refractivity contribution < 1.29 is 0 Å². The van der Waals surface area contributed by atoms with Gasteiger partial charge in [-0.2, -0.15) is 0 Å². The molecule has 4 heteroatoms. The van der Waals surface area contributed by atoms with Crippen molar-refractivity contribution in [2.75, 3.05) is 0 Å². The van der Waals surface area contributed by atoms with E-state index in [1.165, 1.54) is 0 Å². The van der Waals surface area contributed by atoms with Crippen LogP contribution >= 0.6 is 28.9 Å². The first-order chi connectivity index (χ1) is 4.73. The van der Waals surface area contributed by atoms with E-state index in [-0.39, 0.29) is 0 Å². The van der Waals surface area contributed by atoms with Gasteiger partial charge in [0.05, 0.1) is 0 Å². The van der Waals surface area contributed by atoms with E-state index in [1.807, 2.05) is 36.4 Å². The van der Waals surface area contributed by atoms with Crippen LogP contribution in [0, 0.1) is 0 Å². The number of hydrogen-bond donors (Lipinski definition) is 0. The van der Waals surface area contributed by atoms with Gasteiger partial charge in [-0.05, 0) is 0 Å². The molecule has 0 aliphatic heterocycles. The van der Waals surface area contributed by atoms with Crippen molar-refractivity contribution in [3.8, 4) is 0 Å². The van der Waals surface area contributed by atoms with Crippen LogP contribution in [-0.2, 0) is 0 Å². The third-order valence-corrected chi connectivity index (χ3v) is 0.667. The second-order valence-electron chi connectivity index (χ2n) is 1.40. The smallest absolute Gasteiger partial charge is 0.0623 e. The maximum atomic E-state index is 4.99. The van der Waals surface area contributed by atoms with E-state index >= 15 is 0 Å². The number of hydrogen-bond acceptors (Lipinski definition) is 0. The summed E-state index contributed by atoms with van der Waals surface area (Å²) in [5.74, 6) is 0. The van der Waals surface area contributed by atoms with Gasteiger partial charge in [0.25, 0.3) is 0 Å². The van der Waals surface area contributed by atoms with Crippen LogP contribution in [0.3, 0.4) is 0 Å². The van der Waals surface area contributed by atoms with Crippen molar-refractivity contribution in [2.45, 2.75) is 0 Å². The standard InChI is InChI=1S/C6H6.3ClH.Ga/c1-2-4-6-5-3-1;;;;/h1-6H;3*1H;/q;;;;+3/p-3. The zero-order valence-electron chi connectivity index (χ0n) is 5.18. The molecule has 0 amide bonds. The van der Waals surface area contributed by atoms with Gasteiger partial charge in [-0.15, -0.1) is 0 Å². The predicted octanol–water partition coefficient (Wildman–Crippen LogP) is 3.37. The quantitative estimate of drug-likeness (QED) is 0.623. The maximum Gasteiger partial charge on any atom is -0.0623 e. The van der Waals surface area contributed by atoms with E-state index in [0.717, 1.165) is 0 Å². The Balaban J connectivity index is 0.000000180. The summed E-state index contributed by atoms with van der Waals surface area (Å²) in [4.78, 5) is 0. The molecule has 0 radical (unpaired) electrons. The van der Waals surface area contributed by atoms with Gasteiger partial charge < -0.3 is 0 Å². The summed E-state index contributed by atoms with van der Waals surface area (Å²) in [6.45, 7) is 0. The van der Waals surface area contributed by atoms with Crippen LogP contribution in [0.25, 0.3) is 0 Å². The number of benzene rings is 1. The van der Waals surface area contributed by atoms with E-state index < -0.39 is 13.2 Å². The zero-order valence-corrected chi connectivity index (χ0v) is 9.87. The molecule has 0 N–H and O–H groups in total. The molecule has 10 heavy (non-hydrogen) atoms. The molecule has 0 aromatic heterocycles. The fourth-order valence-corrected chi connectivity index (χ4v) is 0.385. The molecule has 0 unspecified atom stereocenters. The van der Waals surface area contributed by atoms with Crippen LogP contribution < -0.4 is 0 Å². The zero-order chi connectivity index (χ0) is 7.82. The number of rotatable bonds is 0. The molecule has 0 heterocycles. The fourth-order valence-electron chi connectivity index (χ4n) is 0.385. The van der Waals surface area contributed by atoms with Crippen LogP contribution in [0.2, 0.25) is 0 Å². The van der Waals surface area contributed by atoms with Crippen molar-refractivity contribution in [3.63, 3.8) is 0 Å². The molecule has 0 spiro atoms. The van der Waals surface area contributed by atoms with Crippen molar-refractivity contribution in [1.29, 1.82) is 0 Å².